The molecule has 0 aromatic rings. The van der Waals surface area contributed by atoms with Gasteiger partial charge in [0.05, 0.1) is 20.6 Å². The summed E-state index contributed by atoms with van der Waals surface area (Å²) in [7, 11) is 4.26. The van der Waals surface area contributed by atoms with Gasteiger partial charge < -0.3 is 26.9 Å². The highest BCUT2D eigenvalue weighted by Crippen LogP contribution is 2.35. The average Bonchev–Trinajstić information content (AvgIpc) is 2.89. The number of ether oxygens (including phenoxy) is 1. The van der Waals surface area contributed by atoms with Gasteiger partial charge in [-0.05, 0) is 37.0 Å². The Hall–Kier alpha value is -0.810. The van der Waals surface area contributed by atoms with Gasteiger partial charge in [0.15, 0.2) is 0 Å². The van der Waals surface area contributed by atoms with E-state index in [9.17, 15) is 9.59 Å². The number of rotatable bonds is 24. The first-order chi connectivity index (χ1) is 19.2. The van der Waals surface area contributed by atoms with Gasteiger partial charge in [-0.25, -0.2) is 0 Å². The van der Waals surface area contributed by atoms with Crippen LogP contribution in [0.5, 0.6) is 0 Å². The fourth-order valence-corrected chi connectivity index (χ4v) is 6.33. The van der Waals surface area contributed by atoms with Crippen molar-refractivity contribution in [2.45, 2.75) is 162 Å². The summed E-state index contributed by atoms with van der Waals surface area (Å²) in [6.45, 7) is 10.8. The van der Waals surface area contributed by atoms with Crippen LogP contribution in [-0.4, -0.2) is 56.6 Å². The van der Waals surface area contributed by atoms with Gasteiger partial charge in [-0.2, -0.15) is 0 Å². The predicted octanol–water partition coefficient (Wildman–Crippen LogP) is 4.62. The minimum absolute atomic E-state index is 0. The van der Waals surface area contributed by atoms with Crippen LogP contribution in [0, 0.1) is 17.8 Å². The van der Waals surface area contributed by atoms with Gasteiger partial charge in [-0.15, -0.1) is 0 Å². The Balaban J connectivity index is 0.0000160. The van der Waals surface area contributed by atoms with Crippen molar-refractivity contribution < 1.29 is 31.6 Å². The lowest BCUT2D eigenvalue weighted by Crippen LogP contribution is -3.05. The van der Waals surface area contributed by atoms with Crippen molar-refractivity contribution in [2.75, 3.05) is 33.7 Å². The van der Waals surface area contributed by atoms with Crippen LogP contribution in [0.4, 0.5) is 0 Å². The van der Waals surface area contributed by atoms with E-state index in [2.05, 4.69) is 41.8 Å². The molecular formula is C35H69ClN2O3. The largest absolute Gasteiger partial charge is 1.00 e. The Morgan fingerprint density at radius 1 is 0.805 bits per heavy atom. The molecule has 0 radical (unpaired) electrons. The van der Waals surface area contributed by atoms with Gasteiger partial charge in [-0.1, -0.05) is 124 Å². The lowest BCUT2D eigenvalue weighted by atomic mass is 9.75. The van der Waals surface area contributed by atoms with Crippen LogP contribution in [0.3, 0.4) is 0 Å². The highest BCUT2D eigenvalue weighted by atomic mass is 35.5. The summed E-state index contributed by atoms with van der Waals surface area (Å²) < 4.78 is 6.04. The van der Waals surface area contributed by atoms with E-state index in [0.717, 1.165) is 38.6 Å². The second-order valence-corrected chi connectivity index (χ2v) is 13.7. The van der Waals surface area contributed by atoms with Crippen molar-refractivity contribution >= 4 is 11.9 Å². The SMILES string of the molecule is CCCCCCCCCCCCCCCCCC(=O)N(CCC[NH+](C)C)CC(=O)O[C@H]1C[C@@H](C)CC[C@@H]1C(C)C.[Cl-]. The first kappa shape index (κ1) is 40.2. The highest BCUT2D eigenvalue weighted by Gasteiger charge is 2.33. The van der Waals surface area contributed by atoms with E-state index in [1.165, 1.54) is 94.8 Å². The van der Waals surface area contributed by atoms with E-state index in [4.69, 9.17) is 4.74 Å². The number of quaternary nitrogens is 1. The van der Waals surface area contributed by atoms with E-state index in [0.29, 0.717) is 30.7 Å². The summed E-state index contributed by atoms with van der Waals surface area (Å²) in [4.78, 5) is 29.3. The van der Waals surface area contributed by atoms with Gasteiger partial charge in [-0.3, -0.25) is 9.59 Å². The zero-order chi connectivity index (χ0) is 29.6. The van der Waals surface area contributed by atoms with Crippen LogP contribution < -0.4 is 17.3 Å². The molecule has 0 aromatic carbocycles. The molecule has 3 atom stereocenters. The Kier molecular flexibility index (Phi) is 25.2. The summed E-state index contributed by atoms with van der Waals surface area (Å²) in [5.74, 6) is 1.45. The third-order valence-corrected chi connectivity index (χ3v) is 9.02. The molecule has 0 spiro atoms. The monoisotopic (exact) mass is 600 g/mol. The summed E-state index contributed by atoms with van der Waals surface area (Å²) in [5.41, 5.74) is 0. The summed E-state index contributed by atoms with van der Waals surface area (Å²) in [6.07, 6.45) is 24.6. The number of hydrogen-bond donors (Lipinski definition) is 1. The lowest BCUT2D eigenvalue weighted by Gasteiger charge is -2.37. The van der Waals surface area contributed by atoms with Gasteiger partial charge in [0.25, 0.3) is 0 Å². The predicted molar refractivity (Wildman–Crippen MR) is 170 cm³/mol. The van der Waals surface area contributed by atoms with Crippen LogP contribution in [0.25, 0.3) is 0 Å². The lowest BCUT2D eigenvalue weighted by molar-refractivity contribution is -0.858. The quantitative estimate of drug-likeness (QED) is 0.130. The Bertz CT molecular complexity index is 643. The van der Waals surface area contributed by atoms with Crippen molar-refractivity contribution in [3.05, 3.63) is 0 Å². The molecule has 1 saturated carbocycles. The van der Waals surface area contributed by atoms with Crippen LogP contribution in [0.15, 0.2) is 0 Å². The zero-order valence-electron chi connectivity index (χ0n) is 28.1. The molecule has 0 saturated heterocycles. The van der Waals surface area contributed by atoms with Crippen LogP contribution in [0.1, 0.15) is 156 Å². The third-order valence-electron chi connectivity index (χ3n) is 9.02. The molecule has 41 heavy (non-hydrogen) atoms. The molecule has 244 valence electrons. The molecule has 0 aliphatic heterocycles. The number of halogens is 1. The second kappa shape index (κ2) is 25.7. The maximum absolute atomic E-state index is 13.1. The van der Waals surface area contributed by atoms with E-state index < -0.39 is 0 Å². The third kappa shape index (κ3) is 20.7. The first-order valence-corrected chi connectivity index (χ1v) is 17.5. The van der Waals surface area contributed by atoms with Crippen molar-refractivity contribution in [1.29, 1.82) is 0 Å². The molecule has 0 heterocycles. The summed E-state index contributed by atoms with van der Waals surface area (Å²) in [5, 5.41) is 0. The van der Waals surface area contributed by atoms with Crippen LogP contribution in [-0.2, 0) is 14.3 Å². The van der Waals surface area contributed by atoms with Crippen molar-refractivity contribution in [3.63, 3.8) is 0 Å². The zero-order valence-corrected chi connectivity index (χ0v) is 28.9. The van der Waals surface area contributed by atoms with Gasteiger partial charge in [0.2, 0.25) is 5.91 Å². The van der Waals surface area contributed by atoms with Crippen LogP contribution >= 0.6 is 0 Å². The molecule has 0 bridgehead atoms. The molecule has 1 rings (SSSR count). The number of esters is 1. The first-order valence-electron chi connectivity index (χ1n) is 17.5. The molecule has 1 N–H and O–H groups in total. The standard InChI is InChI=1S/C35H68N2O3.ClH/c1-7-8-9-10-11-12-13-14-15-16-17-18-19-20-21-23-34(38)37(27-22-26-36(5)6)29-35(39)40-33-28-31(4)24-25-32(33)30(2)3;/h30-33H,7-29H2,1-6H3;1H/t31-,32+,33-;/m0./s1. The normalized spacial score (nSPS) is 18.9. The minimum Gasteiger partial charge on any atom is -1.00 e. The van der Waals surface area contributed by atoms with E-state index in [1.54, 1.807) is 4.90 Å². The van der Waals surface area contributed by atoms with Crippen molar-refractivity contribution in [1.82, 2.24) is 4.90 Å². The van der Waals surface area contributed by atoms with E-state index in [1.807, 2.05) is 0 Å². The number of nitrogens with zero attached hydrogens (tertiary/aromatic N) is 1. The van der Waals surface area contributed by atoms with Crippen molar-refractivity contribution in [3.8, 4) is 0 Å². The van der Waals surface area contributed by atoms with Gasteiger partial charge in [0, 0.05) is 19.4 Å². The number of carbonyl (C=O) groups is 2. The highest BCUT2D eigenvalue weighted by molar-refractivity contribution is 5.82. The molecule has 5 nitrogen and oxygen atoms in total. The molecule has 6 heteroatoms. The topological polar surface area (TPSA) is 51.1 Å². The molecule has 0 unspecified atom stereocenters. The molecule has 1 aliphatic rings. The molecule has 1 amide bonds. The maximum Gasteiger partial charge on any atom is 0.325 e. The van der Waals surface area contributed by atoms with Crippen LogP contribution in [0.2, 0.25) is 0 Å². The molecule has 1 fully saturated rings. The average molecular weight is 601 g/mol. The van der Waals surface area contributed by atoms with Gasteiger partial charge in [0.1, 0.15) is 12.6 Å². The Labute approximate surface area is 261 Å². The number of carbonyl (C=O) groups excluding carboxylic acids is 2. The second-order valence-electron chi connectivity index (χ2n) is 13.7. The fourth-order valence-electron chi connectivity index (χ4n) is 6.33. The maximum atomic E-state index is 13.1. The van der Waals surface area contributed by atoms with Gasteiger partial charge >= 0.3 is 5.97 Å². The number of unbranched alkanes of at least 4 members (excludes halogenated alkanes) is 14. The smallest absolute Gasteiger partial charge is 0.325 e. The molecule has 0 aromatic heterocycles. The molecule has 1 aliphatic carbocycles. The summed E-state index contributed by atoms with van der Waals surface area (Å²) in [6, 6.07) is 0. The van der Waals surface area contributed by atoms with E-state index >= 15 is 0 Å². The summed E-state index contributed by atoms with van der Waals surface area (Å²) >= 11 is 0. The van der Waals surface area contributed by atoms with E-state index in [-0.39, 0.29) is 36.9 Å². The number of nitrogens with one attached hydrogen (secondary N) is 1. The molecular weight excluding hydrogens is 532 g/mol. The number of amides is 1. The number of hydrogen-bond acceptors (Lipinski definition) is 3. The Morgan fingerprint density at radius 2 is 1.32 bits per heavy atom. The fraction of sp³-hybridized carbons (Fsp3) is 0.943. The Morgan fingerprint density at radius 3 is 1.80 bits per heavy atom. The minimum atomic E-state index is -0.216. The van der Waals surface area contributed by atoms with Crippen molar-refractivity contribution in [2.24, 2.45) is 17.8 Å².